The van der Waals surface area contributed by atoms with Crippen LogP contribution >= 0.6 is 0 Å². The fourth-order valence-corrected chi connectivity index (χ4v) is 2.44. The van der Waals surface area contributed by atoms with E-state index in [2.05, 4.69) is 27.1 Å². The first-order valence-corrected chi connectivity index (χ1v) is 8.38. The Morgan fingerprint density at radius 1 is 1.38 bits per heavy atom. The SMILES string of the molecule is C=CCNC(=NCc1cccc(OC)c1)NCCN1CCOCC1. The number of hydrogen-bond donors (Lipinski definition) is 2. The summed E-state index contributed by atoms with van der Waals surface area (Å²) >= 11 is 0. The second-order valence-corrected chi connectivity index (χ2v) is 5.57. The predicted octanol–water partition coefficient (Wildman–Crippen LogP) is 1.25. The van der Waals surface area contributed by atoms with Gasteiger partial charge in [-0.05, 0) is 17.7 Å². The lowest BCUT2D eigenvalue weighted by molar-refractivity contribution is 0.0389. The van der Waals surface area contributed by atoms with Crippen LogP contribution in [0.3, 0.4) is 0 Å². The fourth-order valence-electron chi connectivity index (χ4n) is 2.44. The van der Waals surface area contributed by atoms with E-state index >= 15 is 0 Å². The van der Waals surface area contributed by atoms with Gasteiger partial charge in [-0.3, -0.25) is 4.90 Å². The van der Waals surface area contributed by atoms with Crippen LogP contribution in [0.15, 0.2) is 41.9 Å². The van der Waals surface area contributed by atoms with Crippen LogP contribution in [0.25, 0.3) is 0 Å². The van der Waals surface area contributed by atoms with Gasteiger partial charge in [0.15, 0.2) is 5.96 Å². The van der Waals surface area contributed by atoms with E-state index in [1.54, 1.807) is 7.11 Å². The molecule has 1 fully saturated rings. The molecule has 1 aliphatic heterocycles. The minimum atomic E-state index is 0.598. The van der Waals surface area contributed by atoms with Crippen molar-refractivity contribution in [3.8, 4) is 5.75 Å². The van der Waals surface area contributed by atoms with Crippen LogP contribution in [-0.4, -0.2) is 63.9 Å². The zero-order chi connectivity index (χ0) is 17.0. The molecule has 0 aliphatic carbocycles. The summed E-state index contributed by atoms with van der Waals surface area (Å²) in [6, 6.07) is 7.96. The maximum absolute atomic E-state index is 5.37. The van der Waals surface area contributed by atoms with Crippen molar-refractivity contribution in [1.82, 2.24) is 15.5 Å². The van der Waals surface area contributed by atoms with Crippen molar-refractivity contribution in [2.75, 3.05) is 53.0 Å². The molecule has 1 saturated heterocycles. The van der Waals surface area contributed by atoms with Gasteiger partial charge in [0.05, 0.1) is 26.9 Å². The van der Waals surface area contributed by atoms with Gasteiger partial charge in [-0.25, -0.2) is 4.99 Å². The van der Waals surface area contributed by atoms with Crippen LogP contribution in [0.4, 0.5) is 0 Å². The Morgan fingerprint density at radius 2 is 2.21 bits per heavy atom. The first-order valence-electron chi connectivity index (χ1n) is 8.38. The summed E-state index contributed by atoms with van der Waals surface area (Å²) < 4.78 is 10.6. The Kier molecular flexibility index (Phi) is 8.13. The molecule has 1 aromatic carbocycles. The molecule has 1 aromatic rings. The number of guanidine groups is 1. The topological polar surface area (TPSA) is 58.1 Å². The van der Waals surface area contributed by atoms with Crippen molar-refractivity contribution in [3.63, 3.8) is 0 Å². The molecule has 132 valence electrons. The lowest BCUT2D eigenvalue weighted by atomic mass is 10.2. The van der Waals surface area contributed by atoms with Crippen molar-refractivity contribution < 1.29 is 9.47 Å². The van der Waals surface area contributed by atoms with E-state index in [0.29, 0.717) is 13.1 Å². The van der Waals surface area contributed by atoms with Gasteiger partial charge in [-0.15, -0.1) is 6.58 Å². The average Bonchev–Trinajstić information content (AvgIpc) is 2.64. The largest absolute Gasteiger partial charge is 0.497 e. The van der Waals surface area contributed by atoms with E-state index in [1.807, 2.05) is 30.3 Å². The van der Waals surface area contributed by atoms with Crippen LogP contribution in [0.5, 0.6) is 5.75 Å². The molecular weight excluding hydrogens is 304 g/mol. The molecular formula is C18H28N4O2. The van der Waals surface area contributed by atoms with Gasteiger partial charge in [0.2, 0.25) is 0 Å². The highest BCUT2D eigenvalue weighted by Crippen LogP contribution is 2.13. The molecule has 24 heavy (non-hydrogen) atoms. The number of nitrogens with zero attached hydrogens (tertiary/aromatic N) is 2. The monoisotopic (exact) mass is 332 g/mol. The molecule has 0 bridgehead atoms. The second-order valence-electron chi connectivity index (χ2n) is 5.57. The van der Waals surface area contributed by atoms with Crippen molar-refractivity contribution >= 4 is 5.96 Å². The zero-order valence-corrected chi connectivity index (χ0v) is 14.5. The molecule has 2 rings (SSSR count). The minimum absolute atomic E-state index is 0.598. The van der Waals surface area contributed by atoms with Crippen LogP contribution in [0, 0.1) is 0 Å². The van der Waals surface area contributed by atoms with Gasteiger partial charge in [0, 0.05) is 32.7 Å². The summed E-state index contributed by atoms with van der Waals surface area (Å²) in [6.45, 7) is 10.5. The van der Waals surface area contributed by atoms with Gasteiger partial charge >= 0.3 is 0 Å². The maximum Gasteiger partial charge on any atom is 0.191 e. The number of benzene rings is 1. The number of ether oxygens (including phenoxy) is 2. The highest BCUT2D eigenvalue weighted by molar-refractivity contribution is 5.79. The van der Waals surface area contributed by atoms with Crippen molar-refractivity contribution in [1.29, 1.82) is 0 Å². The van der Waals surface area contributed by atoms with Crippen LogP contribution in [-0.2, 0) is 11.3 Å². The standard InChI is InChI=1S/C18H28N4O2/c1-3-7-19-18(20-8-9-22-10-12-24-13-11-22)21-15-16-5-4-6-17(14-16)23-2/h3-6,14H,1,7-13,15H2,2H3,(H2,19,20,21). The zero-order valence-electron chi connectivity index (χ0n) is 14.5. The van der Waals surface area contributed by atoms with Gasteiger partial charge in [0.25, 0.3) is 0 Å². The Labute approximate surface area is 144 Å². The Morgan fingerprint density at radius 3 is 2.96 bits per heavy atom. The second kappa shape index (κ2) is 10.7. The third-order valence-corrected chi connectivity index (χ3v) is 3.79. The Hall–Kier alpha value is -2.05. The van der Waals surface area contributed by atoms with Crippen LogP contribution in [0.2, 0.25) is 0 Å². The molecule has 0 amide bonds. The van der Waals surface area contributed by atoms with Crippen LogP contribution < -0.4 is 15.4 Å². The molecule has 6 heteroatoms. The van der Waals surface area contributed by atoms with E-state index in [0.717, 1.165) is 56.7 Å². The summed E-state index contributed by atoms with van der Waals surface area (Å²) in [5.74, 6) is 1.65. The Bertz CT molecular complexity index is 528. The molecule has 1 aliphatic rings. The van der Waals surface area contributed by atoms with E-state index < -0.39 is 0 Å². The highest BCUT2D eigenvalue weighted by Gasteiger charge is 2.09. The molecule has 1 heterocycles. The minimum Gasteiger partial charge on any atom is -0.497 e. The summed E-state index contributed by atoms with van der Waals surface area (Å²) in [4.78, 5) is 7.03. The van der Waals surface area contributed by atoms with E-state index in [4.69, 9.17) is 9.47 Å². The van der Waals surface area contributed by atoms with Crippen LogP contribution in [0.1, 0.15) is 5.56 Å². The maximum atomic E-state index is 5.37. The molecule has 0 unspecified atom stereocenters. The molecule has 0 spiro atoms. The molecule has 0 aromatic heterocycles. The first kappa shape index (κ1) is 18.3. The number of nitrogens with one attached hydrogen (secondary N) is 2. The van der Waals surface area contributed by atoms with E-state index in [9.17, 15) is 0 Å². The molecule has 0 radical (unpaired) electrons. The van der Waals surface area contributed by atoms with E-state index in [1.165, 1.54) is 0 Å². The third-order valence-electron chi connectivity index (χ3n) is 3.79. The van der Waals surface area contributed by atoms with Gasteiger partial charge in [0.1, 0.15) is 5.75 Å². The summed E-state index contributed by atoms with van der Waals surface area (Å²) in [6.07, 6.45) is 1.82. The number of morpholine rings is 1. The number of rotatable bonds is 8. The van der Waals surface area contributed by atoms with Crippen molar-refractivity contribution in [3.05, 3.63) is 42.5 Å². The Balaban J connectivity index is 1.84. The van der Waals surface area contributed by atoms with Crippen molar-refractivity contribution in [2.24, 2.45) is 4.99 Å². The summed E-state index contributed by atoms with van der Waals surface area (Å²) in [5, 5.41) is 6.63. The number of methoxy groups -OCH3 is 1. The lowest BCUT2D eigenvalue weighted by Gasteiger charge is -2.26. The quantitative estimate of drug-likeness (QED) is 0.426. The summed E-state index contributed by atoms with van der Waals surface area (Å²) in [5.41, 5.74) is 1.11. The fraction of sp³-hybridized carbons (Fsp3) is 0.500. The van der Waals surface area contributed by atoms with E-state index in [-0.39, 0.29) is 0 Å². The van der Waals surface area contributed by atoms with Gasteiger partial charge in [-0.1, -0.05) is 18.2 Å². The molecule has 6 nitrogen and oxygen atoms in total. The molecule has 0 saturated carbocycles. The number of aliphatic imine (C=N–C) groups is 1. The lowest BCUT2D eigenvalue weighted by Crippen LogP contribution is -2.44. The van der Waals surface area contributed by atoms with Crippen molar-refractivity contribution in [2.45, 2.75) is 6.54 Å². The molecule has 2 N–H and O–H groups in total. The molecule has 0 atom stereocenters. The normalized spacial score (nSPS) is 15.8. The average molecular weight is 332 g/mol. The predicted molar refractivity (Wildman–Crippen MR) is 97.6 cm³/mol. The third kappa shape index (κ3) is 6.60. The van der Waals surface area contributed by atoms with Gasteiger partial charge < -0.3 is 20.1 Å². The van der Waals surface area contributed by atoms with Gasteiger partial charge in [-0.2, -0.15) is 0 Å². The highest BCUT2D eigenvalue weighted by atomic mass is 16.5. The smallest absolute Gasteiger partial charge is 0.191 e. The first-order chi connectivity index (χ1) is 11.8. The number of hydrogen-bond acceptors (Lipinski definition) is 4. The summed E-state index contributed by atoms with van der Waals surface area (Å²) in [7, 11) is 1.67.